The van der Waals surface area contributed by atoms with E-state index in [1.165, 1.54) is 0 Å². The molecular formula is C2HClF2Zn. The monoisotopic (exact) mass is 162 g/mol. The summed E-state index contributed by atoms with van der Waals surface area (Å²) in [5.41, 5.74) is 0. The van der Waals surface area contributed by atoms with Gasteiger partial charge in [-0.3, -0.25) is 0 Å². The second-order valence-corrected chi connectivity index (χ2v) is 1.35. The molecular weight excluding hydrogens is 163 g/mol. The summed E-state index contributed by atoms with van der Waals surface area (Å²) < 4.78 is 22.2. The van der Waals surface area contributed by atoms with Gasteiger partial charge in [-0.2, -0.15) is 0 Å². The van der Waals surface area contributed by atoms with Gasteiger partial charge in [0.25, 0.3) is 0 Å². The molecule has 0 nitrogen and oxygen atoms in total. The summed E-state index contributed by atoms with van der Waals surface area (Å²) in [4.78, 5) is 0. The Labute approximate surface area is 50.7 Å². The summed E-state index contributed by atoms with van der Waals surface area (Å²) in [6.45, 7) is 0. The average Bonchev–Trinajstić information content (AvgIpc) is 1.38. The number of halogens is 3. The van der Waals surface area contributed by atoms with E-state index < -0.39 is 6.08 Å². The molecule has 0 unspecified atom stereocenters. The van der Waals surface area contributed by atoms with Crippen LogP contribution in [0, 0.1) is 0 Å². The third-order valence-corrected chi connectivity index (χ3v) is 0.802. The standard InChI is InChI=1S/C2HF2.ClH.Zn/c1-2(3)4;;/h1H;1H;/q;;+1/p-1. The molecule has 0 aromatic rings. The van der Waals surface area contributed by atoms with Crippen LogP contribution in [0.25, 0.3) is 0 Å². The second kappa shape index (κ2) is 5.51. The van der Waals surface area contributed by atoms with Gasteiger partial charge in [-0.1, -0.05) is 0 Å². The van der Waals surface area contributed by atoms with E-state index in [1.54, 1.807) is 0 Å². The van der Waals surface area contributed by atoms with Crippen LogP contribution >= 0.6 is 0 Å². The molecule has 0 aromatic heterocycles. The number of hydrogen-bond donors (Lipinski definition) is 0. The second-order valence-electron chi connectivity index (χ2n) is 0.494. The molecule has 0 heterocycles. The summed E-state index contributed by atoms with van der Waals surface area (Å²) in [5, 5.41) is 0. The fourth-order valence-corrected chi connectivity index (χ4v) is 0. The molecule has 0 atom stereocenters. The SMILES string of the molecule is FC(F)=[CH][Zn+].[Cl-]. The van der Waals surface area contributed by atoms with Crippen LogP contribution in [0.3, 0.4) is 0 Å². The minimum Gasteiger partial charge on any atom is -1.00 e. The van der Waals surface area contributed by atoms with Crippen LogP contribution in [-0.4, -0.2) is 0 Å². The van der Waals surface area contributed by atoms with Crippen LogP contribution in [0.4, 0.5) is 8.78 Å². The van der Waals surface area contributed by atoms with Crippen LogP contribution in [-0.2, 0) is 18.3 Å². The Morgan fingerprint density at radius 3 is 1.67 bits per heavy atom. The molecule has 0 aromatic carbocycles. The Bertz CT molecular complexity index is 49.5. The maximum absolute atomic E-state index is 10.7. The van der Waals surface area contributed by atoms with Gasteiger partial charge in [0.1, 0.15) is 0 Å². The predicted octanol–water partition coefficient (Wildman–Crippen LogP) is -1.72. The zero-order chi connectivity index (χ0) is 4.28. The number of hydrogen-bond acceptors (Lipinski definition) is 0. The molecule has 0 N–H and O–H groups in total. The average molecular weight is 164 g/mol. The Balaban J connectivity index is 0. The normalized spacial score (nSPS) is 6.00. The van der Waals surface area contributed by atoms with Gasteiger partial charge in [0.2, 0.25) is 0 Å². The van der Waals surface area contributed by atoms with E-state index in [2.05, 4.69) is 0 Å². The van der Waals surface area contributed by atoms with E-state index in [1.807, 2.05) is 0 Å². The molecule has 6 heavy (non-hydrogen) atoms. The Morgan fingerprint density at radius 2 is 1.67 bits per heavy atom. The minimum absolute atomic E-state index is 0. The van der Waals surface area contributed by atoms with Gasteiger partial charge in [-0.15, -0.1) is 0 Å². The van der Waals surface area contributed by atoms with Gasteiger partial charge >= 0.3 is 37.8 Å². The van der Waals surface area contributed by atoms with Gasteiger partial charge in [0.15, 0.2) is 0 Å². The van der Waals surface area contributed by atoms with Gasteiger partial charge in [0, 0.05) is 0 Å². The zero-order valence-electron chi connectivity index (χ0n) is 2.92. The van der Waals surface area contributed by atoms with Crippen LogP contribution in [0.5, 0.6) is 0 Å². The Hall–Kier alpha value is 0.513. The van der Waals surface area contributed by atoms with Crippen molar-refractivity contribution < 1.29 is 39.5 Å². The molecule has 0 aliphatic rings. The maximum atomic E-state index is 10.7. The van der Waals surface area contributed by atoms with Crippen LogP contribution < -0.4 is 12.4 Å². The first-order valence-corrected chi connectivity index (χ1v) is 2.79. The van der Waals surface area contributed by atoms with Gasteiger partial charge in [-0.05, 0) is 0 Å². The zero-order valence-corrected chi connectivity index (χ0v) is 6.64. The smallest absolute Gasteiger partial charge is 1.00 e. The summed E-state index contributed by atoms with van der Waals surface area (Å²) in [6, 6.07) is 0. The summed E-state index contributed by atoms with van der Waals surface area (Å²) >= 11 is 0.544. The van der Waals surface area contributed by atoms with Crippen molar-refractivity contribution >= 4 is 0 Å². The third-order valence-electron chi connectivity index (χ3n) is 0.154. The van der Waals surface area contributed by atoms with Crippen LogP contribution in [0.1, 0.15) is 0 Å². The Morgan fingerprint density at radius 1 is 1.50 bits per heavy atom. The first-order chi connectivity index (χ1) is 2.27. The minimum atomic E-state index is -1.56. The Kier molecular flexibility index (Phi) is 8.93. The quantitative estimate of drug-likeness (QED) is 0.373. The molecule has 0 amide bonds. The topological polar surface area (TPSA) is 0 Å². The van der Waals surface area contributed by atoms with Crippen molar-refractivity contribution in [2.75, 3.05) is 0 Å². The molecule has 0 radical (unpaired) electrons. The molecule has 0 aliphatic heterocycles. The van der Waals surface area contributed by atoms with Crippen molar-refractivity contribution in [3.63, 3.8) is 0 Å². The van der Waals surface area contributed by atoms with Gasteiger partial charge in [0.05, 0.1) is 0 Å². The van der Waals surface area contributed by atoms with Crippen molar-refractivity contribution in [2.24, 2.45) is 0 Å². The van der Waals surface area contributed by atoms with Gasteiger partial charge in [-0.25, -0.2) is 0 Å². The summed E-state index contributed by atoms with van der Waals surface area (Å²) in [5.74, 6) is 0. The van der Waals surface area contributed by atoms with Gasteiger partial charge < -0.3 is 12.4 Å². The summed E-state index contributed by atoms with van der Waals surface area (Å²) in [7, 11) is 0. The van der Waals surface area contributed by atoms with E-state index in [0.717, 1.165) is 4.67 Å². The molecule has 0 bridgehead atoms. The number of rotatable bonds is 0. The summed E-state index contributed by atoms with van der Waals surface area (Å²) in [6.07, 6.45) is -1.56. The fraction of sp³-hybridized carbons (Fsp3) is 0. The van der Waals surface area contributed by atoms with Crippen LogP contribution in [0.15, 0.2) is 10.8 Å². The molecule has 0 aliphatic carbocycles. The fourth-order valence-electron chi connectivity index (χ4n) is 0. The molecule has 0 spiro atoms. The van der Waals surface area contributed by atoms with Crippen molar-refractivity contribution in [1.29, 1.82) is 0 Å². The molecule has 32 valence electrons. The largest absolute Gasteiger partial charge is 1.00 e. The van der Waals surface area contributed by atoms with E-state index in [-0.39, 0.29) is 12.4 Å². The van der Waals surface area contributed by atoms with E-state index >= 15 is 0 Å². The van der Waals surface area contributed by atoms with Crippen molar-refractivity contribution in [2.45, 2.75) is 0 Å². The molecule has 0 saturated heterocycles. The third kappa shape index (κ3) is 8.82. The first-order valence-electron chi connectivity index (χ1n) is 1.07. The predicted molar refractivity (Wildman–Crippen MR) is 10.3 cm³/mol. The molecule has 0 saturated carbocycles. The van der Waals surface area contributed by atoms with E-state index in [0.29, 0.717) is 18.3 Å². The first kappa shape index (κ1) is 9.72. The molecule has 4 heteroatoms. The molecule has 0 rings (SSSR count). The van der Waals surface area contributed by atoms with Crippen molar-refractivity contribution in [3.05, 3.63) is 10.8 Å². The van der Waals surface area contributed by atoms with Crippen molar-refractivity contribution in [1.82, 2.24) is 0 Å². The maximum Gasteiger partial charge on any atom is -1.00 e. The van der Waals surface area contributed by atoms with Crippen LogP contribution in [0.2, 0.25) is 0 Å². The van der Waals surface area contributed by atoms with E-state index in [4.69, 9.17) is 0 Å². The van der Waals surface area contributed by atoms with Crippen molar-refractivity contribution in [3.8, 4) is 0 Å². The van der Waals surface area contributed by atoms with E-state index in [9.17, 15) is 8.78 Å². The molecule has 0 fully saturated rings.